The molecule has 6 heteroatoms. The van der Waals surface area contributed by atoms with Crippen LogP contribution in [0.2, 0.25) is 0 Å². The molecule has 1 atom stereocenters. The van der Waals surface area contributed by atoms with Crippen LogP contribution in [-0.2, 0) is 4.74 Å². The van der Waals surface area contributed by atoms with Gasteiger partial charge in [0.05, 0.1) is 0 Å². The second-order valence-corrected chi connectivity index (χ2v) is 7.72. The molecule has 1 heterocycles. The van der Waals surface area contributed by atoms with E-state index in [-0.39, 0.29) is 6.09 Å². The van der Waals surface area contributed by atoms with Crippen LogP contribution in [0.4, 0.5) is 4.79 Å². The Bertz CT molecular complexity index is 457. The normalized spacial score (nSPS) is 18.7. The molecule has 1 rings (SSSR count). The van der Waals surface area contributed by atoms with Crippen LogP contribution in [0, 0.1) is 5.92 Å². The van der Waals surface area contributed by atoms with Gasteiger partial charge in [0.15, 0.2) is 5.96 Å². The lowest BCUT2D eigenvalue weighted by molar-refractivity contribution is 0.0168. The minimum Gasteiger partial charge on any atom is -0.444 e. The third kappa shape index (κ3) is 8.27. The number of ether oxygens (including phenoxy) is 1. The lowest BCUT2D eigenvalue weighted by atomic mass is 9.98. The van der Waals surface area contributed by atoms with Crippen LogP contribution < -0.4 is 5.32 Å². The number of allylic oxidation sites excluding steroid dienone is 1. The first-order valence-corrected chi connectivity index (χ1v) is 9.27. The van der Waals surface area contributed by atoms with Gasteiger partial charge < -0.3 is 19.9 Å². The second-order valence-electron chi connectivity index (χ2n) is 7.72. The van der Waals surface area contributed by atoms with E-state index in [1.165, 1.54) is 0 Å². The van der Waals surface area contributed by atoms with E-state index in [2.05, 4.69) is 21.8 Å². The zero-order valence-electron chi connectivity index (χ0n) is 16.7. The summed E-state index contributed by atoms with van der Waals surface area (Å²) in [5.41, 5.74) is -0.446. The summed E-state index contributed by atoms with van der Waals surface area (Å²) in [4.78, 5) is 20.6. The minimum absolute atomic E-state index is 0.205. The van der Waals surface area contributed by atoms with Crippen molar-refractivity contribution in [3.05, 3.63) is 12.7 Å². The number of nitrogens with one attached hydrogen (secondary N) is 1. The first kappa shape index (κ1) is 21.3. The molecule has 0 aliphatic carbocycles. The van der Waals surface area contributed by atoms with Crippen molar-refractivity contribution in [1.82, 2.24) is 15.1 Å². The fourth-order valence-electron chi connectivity index (χ4n) is 2.92. The topological polar surface area (TPSA) is 57.2 Å². The van der Waals surface area contributed by atoms with Crippen molar-refractivity contribution in [1.29, 1.82) is 0 Å². The Hall–Kier alpha value is -1.72. The van der Waals surface area contributed by atoms with Gasteiger partial charge in [-0.25, -0.2) is 4.79 Å². The molecule has 1 aliphatic rings. The van der Waals surface area contributed by atoms with Crippen molar-refractivity contribution in [2.45, 2.75) is 52.1 Å². The fraction of sp³-hybridized carbons (Fsp3) is 0.789. The number of carbonyl (C=O) groups excluding carboxylic acids is 1. The average Bonchev–Trinajstić information content (AvgIpc) is 2.54. The number of hydrogen-bond donors (Lipinski definition) is 1. The van der Waals surface area contributed by atoms with E-state index >= 15 is 0 Å². The molecule has 1 amide bonds. The predicted octanol–water partition coefficient (Wildman–Crippen LogP) is 3.11. The van der Waals surface area contributed by atoms with E-state index < -0.39 is 5.60 Å². The van der Waals surface area contributed by atoms with Crippen LogP contribution >= 0.6 is 0 Å². The van der Waals surface area contributed by atoms with Gasteiger partial charge in [-0.1, -0.05) is 6.08 Å². The van der Waals surface area contributed by atoms with E-state index in [4.69, 9.17) is 4.74 Å². The summed E-state index contributed by atoms with van der Waals surface area (Å²) >= 11 is 0. The molecule has 6 nitrogen and oxygen atoms in total. The molecule has 0 aromatic heterocycles. The van der Waals surface area contributed by atoms with Crippen molar-refractivity contribution < 1.29 is 9.53 Å². The number of hydrogen-bond acceptors (Lipinski definition) is 3. The Morgan fingerprint density at radius 1 is 1.48 bits per heavy atom. The van der Waals surface area contributed by atoms with Crippen LogP contribution in [0.3, 0.4) is 0 Å². The molecular formula is C19H36N4O2. The lowest BCUT2D eigenvalue weighted by Gasteiger charge is -2.34. The summed E-state index contributed by atoms with van der Waals surface area (Å²) in [6.07, 6.45) is 5.94. The van der Waals surface area contributed by atoms with Gasteiger partial charge in [0.2, 0.25) is 0 Å². The molecule has 144 valence electrons. The molecule has 0 aromatic carbocycles. The molecule has 0 radical (unpaired) electrons. The van der Waals surface area contributed by atoms with Crippen LogP contribution in [0.15, 0.2) is 17.6 Å². The summed E-state index contributed by atoms with van der Waals surface area (Å²) < 4.78 is 5.49. The number of unbranched alkanes of at least 4 members (excludes halogenated alkanes) is 1. The first-order valence-electron chi connectivity index (χ1n) is 9.27. The lowest BCUT2D eigenvalue weighted by Crippen LogP contribution is -2.47. The summed E-state index contributed by atoms with van der Waals surface area (Å²) in [6.45, 7) is 12.7. The van der Waals surface area contributed by atoms with E-state index in [0.29, 0.717) is 5.92 Å². The first-order chi connectivity index (χ1) is 11.8. The molecule has 0 bridgehead atoms. The number of piperidine rings is 1. The largest absolute Gasteiger partial charge is 0.444 e. The zero-order valence-corrected chi connectivity index (χ0v) is 16.7. The quantitative estimate of drug-likeness (QED) is 0.345. The maximum absolute atomic E-state index is 12.3. The van der Waals surface area contributed by atoms with Crippen molar-refractivity contribution in [3.63, 3.8) is 0 Å². The van der Waals surface area contributed by atoms with Crippen LogP contribution in [0.5, 0.6) is 0 Å². The number of guanidine groups is 1. The highest BCUT2D eigenvalue weighted by atomic mass is 16.6. The Morgan fingerprint density at radius 3 is 2.80 bits per heavy atom. The monoisotopic (exact) mass is 352 g/mol. The number of amides is 1. The third-order valence-corrected chi connectivity index (χ3v) is 4.19. The molecule has 0 spiro atoms. The highest BCUT2D eigenvalue weighted by Gasteiger charge is 2.27. The van der Waals surface area contributed by atoms with Gasteiger partial charge in [-0.3, -0.25) is 4.99 Å². The number of aliphatic imine (C=N–C) groups is 1. The number of carbonyl (C=O) groups is 1. The van der Waals surface area contributed by atoms with Gasteiger partial charge in [-0.15, -0.1) is 6.58 Å². The Labute approximate surface area is 153 Å². The number of rotatable bonds is 6. The van der Waals surface area contributed by atoms with E-state index in [1.807, 2.05) is 38.8 Å². The third-order valence-electron chi connectivity index (χ3n) is 4.19. The van der Waals surface area contributed by atoms with Crippen LogP contribution in [0.1, 0.15) is 46.5 Å². The number of nitrogens with zero attached hydrogens (tertiary/aromatic N) is 3. The van der Waals surface area contributed by atoms with Gasteiger partial charge in [0.1, 0.15) is 5.60 Å². The molecule has 1 fully saturated rings. The predicted molar refractivity (Wildman–Crippen MR) is 104 cm³/mol. The highest BCUT2D eigenvalue weighted by molar-refractivity contribution is 5.79. The second kappa shape index (κ2) is 10.3. The Kier molecular flexibility index (Phi) is 8.79. The molecular weight excluding hydrogens is 316 g/mol. The zero-order chi connectivity index (χ0) is 18.9. The number of likely N-dealkylation sites (tertiary alicyclic amines) is 1. The van der Waals surface area contributed by atoms with Crippen LogP contribution in [-0.4, -0.2) is 67.7 Å². The summed E-state index contributed by atoms with van der Waals surface area (Å²) in [6, 6.07) is 0. The molecule has 25 heavy (non-hydrogen) atoms. The van der Waals surface area contributed by atoms with E-state index in [9.17, 15) is 4.79 Å². The summed E-state index contributed by atoms with van der Waals surface area (Å²) in [5.74, 6) is 1.32. The smallest absolute Gasteiger partial charge is 0.410 e. The molecule has 1 unspecified atom stereocenters. The van der Waals surface area contributed by atoms with Gasteiger partial charge in [0.25, 0.3) is 0 Å². The maximum atomic E-state index is 12.3. The van der Waals surface area contributed by atoms with Gasteiger partial charge >= 0.3 is 6.09 Å². The van der Waals surface area contributed by atoms with Gasteiger partial charge in [-0.2, -0.15) is 0 Å². The molecule has 0 saturated carbocycles. The molecule has 1 N–H and O–H groups in total. The summed E-state index contributed by atoms with van der Waals surface area (Å²) in [5, 5.41) is 3.44. The molecule has 1 aliphatic heterocycles. The average molecular weight is 353 g/mol. The highest BCUT2D eigenvalue weighted by Crippen LogP contribution is 2.19. The maximum Gasteiger partial charge on any atom is 0.410 e. The van der Waals surface area contributed by atoms with Crippen molar-refractivity contribution >= 4 is 12.1 Å². The van der Waals surface area contributed by atoms with Crippen molar-refractivity contribution in [2.24, 2.45) is 10.9 Å². The fourth-order valence-corrected chi connectivity index (χ4v) is 2.92. The van der Waals surface area contributed by atoms with Gasteiger partial charge in [0, 0.05) is 40.3 Å². The molecule has 1 saturated heterocycles. The van der Waals surface area contributed by atoms with E-state index in [0.717, 1.165) is 57.8 Å². The van der Waals surface area contributed by atoms with Crippen LogP contribution in [0.25, 0.3) is 0 Å². The Morgan fingerprint density at radius 2 is 2.20 bits per heavy atom. The summed E-state index contributed by atoms with van der Waals surface area (Å²) in [7, 11) is 3.85. The van der Waals surface area contributed by atoms with Crippen molar-refractivity contribution in [2.75, 3.05) is 40.3 Å². The van der Waals surface area contributed by atoms with Gasteiger partial charge in [-0.05, 0) is 52.4 Å². The van der Waals surface area contributed by atoms with Crippen molar-refractivity contribution in [3.8, 4) is 0 Å². The van der Waals surface area contributed by atoms with E-state index in [1.54, 1.807) is 7.05 Å². The minimum atomic E-state index is -0.446. The SMILES string of the molecule is C=CCCCN(C)C(=NC)NCC1CCCN(C(=O)OC(C)(C)C)C1. The standard InChI is InChI=1S/C19H36N4O2/c1-7-8-9-12-22(6)17(20-5)21-14-16-11-10-13-23(15-16)18(24)25-19(2,3)4/h7,16H,1,8-15H2,2-6H3,(H,20,21). The Balaban J connectivity index is 2.45. The molecule has 0 aromatic rings.